The SMILES string of the molecule is COc1ncccc1CS(=O)(=O)CCC(=O)O. The molecule has 0 bridgehead atoms. The van der Waals surface area contributed by atoms with Crippen LogP contribution in [0.5, 0.6) is 5.88 Å². The normalized spacial score (nSPS) is 11.1. The molecule has 0 aliphatic heterocycles. The Bertz CT molecular complexity index is 497. The Hall–Kier alpha value is -1.63. The first-order valence-corrected chi connectivity index (χ1v) is 6.67. The molecule has 0 unspecified atom stereocenters. The summed E-state index contributed by atoms with van der Waals surface area (Å²) in [7, 11) is -2.06. The van der Waals surface area contributed by atoms with Gasteiger partial charge in [0.1, 0.15) is 0 Å². The van der Waals surface area contributed by atoms with Crippen molar-refractivity contribution in [3.05, 3.63) is 23.9 Å². The molecule has 0 amide bonds. The third-order valence-electron chi connectivity index (χ3n) is 2.05. The molecular weight excluding hydrogens is 246 g/mol. The van der Waals surface area contributed by atoms with E-state index >= 15 is 0 Å². The number of hydrogen-bond donors (Lipinski definition) is 1. The Kier molecular flexibility index (Phi) is 4.45. The number of nitrogens with zero attached hydrogens (tertiary/aromatic N) is 1. The lowest BCUT2D eigenvalue weighted by molar-refractivity contribution is -0.136. The van der Waals surface area contributed by atoms with Gasteiger partial charge < -0.3 is 9.84 Å². The lowest BCUT2D eigenvalue weighted by atomic mass is 10.3. The molecule has 1 aromatic heterocycles. The van der Waals surface area contributed by atoms with Crippen LogP contribution in [0.4, 0.5) is 0 Å². The minimum Gasteiger partial charge on any atom is -0.481 e. The maximum atomic E-state index is 11.6. The number of hydrogen-bond acceptors (Lipinski definition) is 5. The van der Waals surface area contributed by atoms with Crippen molar-refractivity contribution in [2.75, 3.05) is 12.9 Å². The number of pyridine rings is 1. The maximum absolute atomic E-state index is 11.6. The van der Waals surface area contributed by atoms with Gasteiger partial charge in [0.15, 0.2) is 9.84 Å². The summed E-state index contributed by atoms with van der Waals surface area (Å²) in [5, 5.41) is 8.44. The molecule has 0 aromatic carbocycles. The van der Waals surface area contributed by atoms with Gasteiger partial charge in [0.25, 0.3) is 0 Å². The molecule has 1 N–H and O–H groups in total. The molecule has 0 spiro atoms. The quantitative estimate of drug-likeness (QED) is 0.798. The Morgan fingerprint density at radius 1 is 1.53 bits per heavy atom. The topological polar surface area (TPSA) is 93.6 Å². The summed E-state index contributed by atoms with van der Waals surface area (Å²) in [6, 6.07) is 3.19. The lowest BCUT2D eigenvalue weighted by Gasteiger charge is -2.07. The highest BCUT2D eigenvalue weighted by Gasteiger charge is 2.17. The predicted octanol–water partition coefficient (Wildman–Crippen LogP) is 0.480. The number of ether oxygens (including phenoxy) is 1. The summed E-state index contributed by atoms with van der Waals surface area (Å²) >= 11 is 0. The van der Waals surface area contributed by atoms with Crippen LogP contribution in [0.15, 0.2) is 18.3 Å². The highest BCUT2D eigenvalue weighted by atomic mass is 32.2. The molecule has 6 nitrogen and oxygen atoms in total. The van der Waals surface area contributed by atoms with E-state index in [2.05, 4.69) is 4.98 Å². The van der Waals surface area contributed by atoms with Crippen molar-refractivity contribution >= 4 is 15.8 Å². The van der Waals surface area contributed by atoms with Crippen LogP contribution in [-0.2, 0) is 20.4 Å². The van der Waals surface area contributed by atoms with E-state index in [4.69, 9.17) is 9.84 Å². The summed E-state index contributed by atoms with van der Waals surface area (Å²) in [6.07, 6.45) is 1.09. The molecule has 0 saturated heterocycles. The molecule has 0 aliphatic carbocycles. The van der Waals surface area contributed by atoms with Crippen LogP contribution >= 0.6 is 0 Å². The highest BCUT2D eigenvalue weighted by Crippen LogP contribution is 2.17. The zero-order valence-corrected chi connectivity index (χ0v) is 10.1. The first-order chi connectivity index (χ1) is 7.94. The molecule has 7 heteroatoms. The monoisotopic (exact) mass is 259 g/mol. The van der Waals surface area contributed by atoms with Crippen molar-refractivity contribution in [1.82, 2.24) is 4.98 Å². The molecule has 0 aliphatic rings. The van der Waals surface area contributed by atoms with Crippen molar-refractivity contribution in [3.63, 3.8) is 0 Å². The number of rotatable bonds is 6. The Morgan fingerprint density at radius 3 is 2.82 bits per heavy atom. The van der Waals surface area contributed by atoms with E-state index in [0.717, 1.165) is 0 Å². The van der Waals surface area contributed by atoms with Crippen LogP contribution in [0.2, 0.25) is 0 Å². The minimum atomic E-state index is -3.46. The molecule has 17 heavy (non-hydrogen) atoms. The molecule has 94 valence electrons. The van der Waals surface area contributed by atoms with Gasteiger partial charge in [0, 0.05) is 11.8 Å². The number of carboxylic acids is 1. The van der Waals surface area contributed by atoms with Crippen molar-refractivity contribution in [2.24, 2.45) is 0 Å². The molecule has 0 saturated carbocycles. The zero-order chi connectivity index (χ0) is 12.9. The van der Waals surface area contributed by atoms with Crippen molar-refractivity contribution < 1.29 is 23.1 Å². The van der Waals surface area contributed by atoms with Gasteiger partial charge in [-0.2, -0.15) is 0 Å². The average molecular weight is 259 g/mol. The van der Waals surface area contributed by atoms with E-state index < -0.39 is 22.2 Å². The second kappa shape index (κ2) is 5.62. The second-order valence-corrected chi connectivity index (χ2v) is 5.59. The Labute approximate surface area is 99.2 Å². The average Bonchev–Trinajstić information content (AvgIpc) is 2.27. The summed E-state index contributed by atoms with van der Waals surface area (Å²) in [5.41, 5.74) is 0.431. The van der Waals surface area contributed by atoms with E-state index in [0.29, 0.717) is 5.56 Å². The zero-order valence-electron chi connectivity index (χ0n) is 9.29. The van der Waals surface area contributed by atoms with E-state index in [1.807, 2.05) is 0 Å². The third-order valence-corrected chi connectivity index (χ3v) is 3.62. The fourth-order valence-corrected chi connectivity index (χ4v) is 2.59. The van der Waals surface area contributed by atoms with Crippen LogP contribution in [-0.4, -0.2) is 37.3 Å². The van der Waals surface area contributed by atoms with Gasteiger partial charge in [-0.1, -0.05) is 6.07 Å². The Balaban J connectivity index is 2.79. The number of aliphatic carboxylic acids is 1. The van der Waals surface area contributed by atoms with Crippen LogP contribution in [0.3, 0.4) is 0 Å². The van der Waals surface area contributed by atoms with Crippen LogP contribution in [0.25, 0.3) is 0 Å². The van der Waals surface area contributed by atoms with E-state index in [9.17, 15) is 13.2 Å². The van der Waals surface area contributed by atoms with E-state index in [1.165, 1.54) is 13.3 Å². The fraction of sp³-hybridized carbons (Fsp3) is 0.400. The fourth-order valence-electron chi connectivity index (χ4n) is 1.27. The van der Waals surface area contributed by atoms with E-state index in [1.54, 1.807) is 12.1 Å². The van der Waals surface area contributed by atoms with Gasteiger partial charge in [0.2, 0.25) is 5.88 Å². The van der Waals surface area contributed by atoms with Gasteiger partial charge in [0.05, 0.1) is 25.0 Å². The lowest BCUT2D eigenvalue weighted by Crippen LogP contribution is -2.13. The highest BCUT2D eigenvalue weighted by molar-refractivity contribution is 7.90. The molecule has 1 aromatic rings. The number of sulfone groups is 1. The largest absolute Gasteiger partial charge is 0.481 e. The number of carboxylic acid groups (broad SMARTS) is 1. The summed E-state index contributed by atoms with van der Waals surface area (Å²) in [5.74, 6) is -1.55. The first-order valence-electron chi connectivity index (χ1n) is 4.85. The third kappa shape index (κ3) is 4.39. The maximum Gasteiger partial charge on any atom is 0.304 e. The predicted molar refractivity (Wildman–Crippen MR) is 60.5 cm³/mol. The van der Waals surface area contributed by atoms with Crippen LogP contribution < -0.4 is 4.74 Å². The van der Waals surface area contributed by atoms with Crippen molar-refractivity contribution in [3.8, 4) is 5.88 Å². The van der Waals surface area contributed by atoms with Gasteiger partial charge in [-0.15, -0.1) is 0 Å². The Morgan fingerprint density at radius 2 is 2.24 bits per heavy atom. The molecule has 0 fully saturated rings. The van der Waals surface area contributed by atoms with Crippen molar-refractivity contribution in [1.29, 1.82) is 0 Å². The van der Waals surface area contributed by atoms with Gasteiger partial charge in [-0.3, -0.25) is 4.79 Å². The van der Waals surface area contributed by atoms with Crippen molar-refractivity contribution in [2.45, 2.75) is 12.2 Å². The van der Waals surface area contributed by atoms with E-state index in [-0.39, 0.29) is 17.4 Å². The molecule has 0 atom stereocenters. The van der Waals surface area contributed by atoms with Crippen LogP contribution in [0, 0.1) is 0 Å². The van der Waals surface area contributed by atoms with Gasteiger partial charge in [-0.25, -0.2) is 13.4 Å². The minimum absolute atomic E-state index is 0.242. The second-order valence-electron chi connectivity index (χ2n) is 3.41. The molecule has 0 radical (unpaired) electrons. The number of methoxy groups -OCH3 is 1. The van der Waals surface area contributed by atoms with Gasteiger partial charge in [-0.05, 0) is 6.07 Å². The van der Waals surface area contributed by atoms with Crippen LogP contribution in [0.1, 0.15) is 12.0 Å². The van der Waals surface area contributed by atoms with Gasteiger partial charge >= 0.3 is 5.97 Å². The summed E-state index contributed by atoms with van der Waals surface area (Å²) in [6.45, 7) is 0. The standard InChI is InChI=1S/C10H13NO5S/c1-16-10-8(3-2-5-11-10)7-17(14,15)6-4-9(12)13/h2-3,5H,4,6-7H2,1H3,(H,12,13). The molecule has 1 rings (SSSR count). The molecular formula is C10H13NO5S. The smallest absolute Gasteiger partial charge is 0.304 e. The number of aromatic nitrogens is 1. The first kappa shape index (κ1) is 13.4. The number of carbonyl (C=O) groups is 1. The summed E-state index contributed by atoms with van der Waals surface area (Å²) < 4.78 is 28.2. The molecule has 1 heterocycles. The summed E-state index contributed by atoms with van der Waals surface area (Å²) in [4.78, 5) is 14.2.